The van der Waals surface area contributed by atoms with Crippen LogP contribution in [0.25, 0.3) is 0 Å². The predicted molar refractivity (Wildman–Crippen MR) is 70.9 cm³/mol. The standard InChI is InChI=1S/C15H17F3N2O/c1-15(8-13(17)18)9-19-6-5-12(20(19)14(15)21)10-3-2-4-11(16)7-10/h2-4,7,12-13H,5-6,8-9H2,1H3. The van der Waals surface area contributed by atoms with Gasteiger partial charge in [0.2, 0.25) is 12.3 Å². The fourth-order valence-corrected chi connectivity index (χ4v) is 3.38. The van der Waals surface area contributed by atoms with Crippen molar-refractivity contribution in [3.63, 3.8) is 0 Å². The second kappa shape index (κ2) is 5.02. The van der Waals surface area contributed by atoms with Crippen molar-refractivity contribution in [1.82, 2.24) is 10.0 Å². The Morgan fingerprint density at radius 3 is 2.86 bits per heavy atom. The summed E-state index contributed by atoms with van der Waals surface area (Å²) in [4.78, 5) is 12.6. The summed E-state index contributed by atoms with van der Waals surface area (Å²) in [7, 11) is 0. The number of hydrogen-bond acceptors (Lipinski definition) is 2. The molecule has 114 valence electrons. The van der Waals surface area contributed by atoms with E-state index in [0.29, 0.717) is 25.1 Å². The van der Waals surface area contributed by atoms with Crippen LogP contribution in [0.4, 0.5) is 13.2 Å². The molecule has 3 nitrogen and oxygen atoms in total. The van der Waals surface area contributed by atoms with Gasteiger partial charge >= 0.3 is 0 Å². The lowest BCUT2D eigenvalue weighted by atomic mass is 9.86. The van der Waals surface area contributed by atoms with Crippen LogP contribution in [0.3, 0.4) is 0 Å². The zero-order valence-electron chi connectivity index (χ0n) is 11.7. The maximum atomic E-state index is 13.4. The van der Waals surface area contributed by atoms with Crippen LogP contribution < -0.4 is 0 Å². The molecule has 2 unspecified atom stereocenters. The highest BCUT2D eigenvalue weighted by atomic mass is 19.3. The lowest BCUT2D eigenvalue weighted by molar-refractivity contribution is -0.143. The SMILES string of the molecule is CC1(CC(F)F)CN2CCC(c3cccc(F)c3)N2C1=O. The number of nitrogens with zero attached hydrogens (tertiary/aromatic N) is 2. The highest BCUT2D eigenvalue weighted by Gasteiger charge is 2.53. The fraction of sp³-hybridized carbons (Fsp3) is 0.533. The number of carbonyl (C=O) groups is 1. The van der Waals surface area contributed by atoms with Crippen LogP contribution in [0.1, 0.15) is 31.4 Å². The molecule has 0 N–H and O–H groups in total. The molecule has 2 fully saturated rings. The number of carbonyl (C=O) groups excluding carboxylic acids is 1. The monoisotopic (exact) mass is 298 g/mol. The molecule has 1 aromatic carbocycles. The van der Waals surface area contributed by atoms with Crippen LogP contribution in [0, 0.1) is 11.2 Å². The molecule has 2 atom stereocenters. The Hall–Kier alpha value is -1.56. The molecule has 0 saturated carbocycles. The number of benzene rings is 1. The van der Waals surface area contributed by atoms with E-state index in [0.717, 1.165) is 0 Å². The molecule has 2 aliphatic heterocycles. The molecule has 0 bridgehead atoms. The number of hydrogen-bond donors (Lipinski definition) is 0. The van der Waals surface area contributed by atoms with E-state index >= 15 is 0 Å². The van der Waals surface area contributed by atoms with E-state index in [1.54, 1.807) is 24.1 Å². The molecule has 0 aromatic heterocycles. The fourth-order valence-electron chi connectivity index (χ4n) is 3.38. The zero-order valence-corrected chi connectivity index (χ0v) is 11.7. The minimum Gasteiger partial charge on any atom is -0.273 e. The van der Waals surface area contributed by atoms with E-state index in [9.17, 15) is 18.0 Å². The van der Waals surface area contributed by atoms with Gasteiger partial charge in [0.05, 0.1) is 11.5 Å². The van der Waals surface area contributed by atoms with E-state index in [1.165, 1.54) is 12.1 Å². The van der Waals surface area contributed by atoms with Crippen molar-refractivity contribution in [2.75, 3.05) is 13.1 Å². The first-order chi connectivity index (χ1) is 9.90. The number of fused-ring (bicyclic) bond motifs is 1. The summed E-state index contributed by atoms with van der Waals surface area (Å²) in [5.41, 5.74) is -0.340. The number of hydrazine groups is 1. The highest BCUT2D eigenvalue weighted by molar-refractivity contribution is 5.85. The van der Waals surface area contributed by atoms with Gasteiger partial charge in [0.25, 0.3) is 0 Å². The van der Waals surface area contributed by atoms with Gasteiger partial charge in [0.15, 0.2) is 0 Å². The second-order valence-corrected chi connectivity index (χ2v) is 6.05. The molecule has 0 spiro atoms. The van der Waals surface area contributed by atoms with Gasteiger partial charge in [-0.25, -0.2) is 18.2 Å². The normalized spacial score (nSPS) is 29.5. The van der Waals surface area contributed by atoms with E-state index in [2.05, 4.69) is 0 Å². The van der Waals surface area contributed by atoms with Gasteiger partial charge in [-0.2, -0.15) is 0 Å². The molecule has 3 rings (SSSR count). The minimum absolute atomic E-state index is 0.257. The maximum Gasteiger partial charge on any atom is 0.244 e. The lowest BCUT2D eigenvalue weighted by Crippen LogP contribution is -2.36. The smallest absolute Gasteiger partial charge is 0.244 e. The maximum absolute atomic E-state index is 13.4. The quantitative estimate of drug-likeness (QED) is 0.856. The van der Waals surface area contributed by atoms with Crippen LogP contribution in [-0.2, 0) is 4.79 Å². The Morgan fingerprint density at radius 2 is 2.19 bits per heavy atom. The number of rotatable bonds is 3. The summed E-state index contributed by atoms with van der Waals surface area (Å²) >= 11 is 0. The summed E-state index contributed by atoms with van der Waals surface area (Å²) in [5, 5.41) is 3.37. The molecule has 0 radical (unpaired) electrons. The lowest BCUT2D eigenvalue weighted by Gasteiger charge is -2.26. The summed E-state index contributed by atoms with van der Waals surface area (Å²) in [6, 6.07) is 5.87. The Bertz CT molecular complexity index is 566. The molecule has 21 heavy (non-hydrogen) atoms. The first kappa shape index (κ1) is 14.4. The Morgan fingerprint density at radius 1 is 1.43 bits per heavy atom. The topological polar surface area (TPSA) is 23.6 Å². The van der Waals surface area contributed by atoms with Crippen LogP contribution in [0.15, 0.2) is 24.3 Å². The first-order valence-corrected chi connectivity index (χ1v) is 7.03. The Labute approximate surface area is 121 Å². The van der Waals surface area contributed by atoms with E-state index in [4.69, 9.17) is 0 Å². The molecular formula is C15H17F3N2O. The molecule has 0 aliphatic carbocycles. The summed E-state index contributed by atoms with van der Waals surface area (Å²) in [5.74, 6) is -0.637. The van der Waals surface area contributed by atoms with Crippen molar-refractivity contribution in [2.24, 2.45) is 5.41 Å². The third-order valence-electron chi connectivity index (χ3n) is 4.35. The van der Waals surface area contributed by atoms with Crippen molar-refractivity contribution in [3.05, 3.63) is 35.6 Å². The zero-order chi connectivity index (χ0) is 15.2. The van der Waals surface area contributed by atoms with Crippen LogP contribution in [-0.4, -0.2) is 35.4 Å². The van der Waals surface area contributed by atoms with Crippen molar-refractivity contribution >= 4 is 5.91 Å². The minimum atomic E-state index is -2.51. The molecule has 2 heterocycles. The van der Waals surface area contributed by atoms with E-state index in [-0.39, 0.29) is 17.8 Å². The average molecular weight is 298 g/mol. The molecule has 6 heteroatoms. The Balaban J connectivity index is 1.87. The van der Waals surface area contributed by atoms with Gasteiger partial charge in [0.1, 0.15) is 5.82 Å². The first-order valence-electron chi connectivity index (χ1n) is 7.03. The predicted octanol–water partition coefficient (Wildman–Crippen LogP) is 2.99. The van der Waals surface area contributed by atoms with Crippen molar-refractivity contribution < 1.29 is 18.0 Å². The van der Waals surface area contributed by atoms with Crippen LogP contribution in [0.5, 0.6) is 0 Å². The van der Waals surface area contributed by atoms with E-state index in [1.807, 2.05) is 5.01 Å². The number of alkyl halides is 2. The molecular weight excluding hydrogens is 281 g/mol. The summed E-state index contributed by atoms with van der Waals surface area (Å²) in [6.07, 6.45) is -2.25. The van der Waals surface area contributed by atoms with Crippen molar-refractivity contribution in [2.45, 2.75) is 32.2 Å². The molecule has 1 aromatic rings. The van der Waals surface area contributed by atoms with Crippen molar-refractivity contribution in [3.8, 4) is 0 Å². The molecule has 2 saturated heterocycles. The van der Waals surface area contributed by atoms with Gasteiger partial charge in [-0.05, 0) is 31.0 Å². The summed E-state index contributed by atoms with van der Waals surface area (Å²) in [6.45, 7) is 2.52. The van der Waals surface area contributed by atoms with Crippen molar-refractivity contribution in [1.29, 1.82) is 0 Å². The third-order valence-corrected chi connectivity index (χ3v) is 4.35. The third kappa shape index (κ3) is 2.41. The largest absolute Gasteiger partial charge is 0.273 e. The highest BCUT2D eigenvalue weighted by Crippen LogP contribution is 2.44. The van der Waals surface area contributed by atoms with Gasteiger partial charge in [-0.15, -0.1) is 0 Å². The molecule has 2 aliphatic rings. The number of halogens is 3. The summed E-state index contributed by atoms with van der Waals surface area (Å²) < 4.78 is 38.8. The Kier molecular flexibility index (Phi) is 3.43. The van der Waals surface area contributed by atoms with Gasteiger partial charge < -0.3 is 0 Å². The average Bonchev–Trinajstić information content (AvgIpc) is 2.89. The second-order valence-electron chi connectivity index (χ2n) is 6.05. The van der Waals surface area contributed by atoms with Crippen LogP contribution in [0.2, 0.25) is 0 Å². The van der Waals surface area contributed by atoms with E-state index < -0.39 is 18.3 Å². The van der Waals surface area contributed by atoms with Crippen LogP contribution >= 0.6 is 0 Å². The molecule has 1 amide bonds. The number of amides is 1. The van der Waals surface area contributed by atoms with Gasteiger partial charge in [-0.1, -0.05) is 12.1 Å². The van der Waals surface area contributed by atoms with Gasteiger partial charge in [-0.3, -0.25) is 9.80 Å². The van der Waals surface area contributed by atoms with Gasteiger partial charge in [0, 0.05) is 19.5 Å².